The van der Waals surface area contributed by atoms with E-state index in [0.29, 0.717) is 29.5 Å². The van der Waals surface area contributed by atoms with Crippen LogP contribution in [0.15, 0.2) is 65.8 Å². The van der Waals surface area contributed by atoms with Gasteiger partial charge in [0.25, 0.3) is 15.9 Å². The van der Waals surface area contributed by atoms with E-state index in [1.54, 1.807) is 35.5 Å². The molecule has 2 aromatic carbocycles. The van der Waals surface area contributed by atoms with E-state index in [2.05, 4.69) is 47.4 Å². The Balaban J connectivity index is 1.64. The Kier molecular flexibility index (Phi) is 10.1. The lowest BCUT2D eigenvalue weighted by molar-refractivity contribution is 0.0561. The molecule has 0 spiro atoms. The topological polar surface area (TPSA) is 131 Å². The second-order valence-electron chi connectivity index (χ2n) is 12.8. The molecule has 1 aliphatic heterocycles. The normalized spacial score (nSPS) is 16.1. The average Bonchev–Trinajstić information content (AvgIpc) is 3.02. The molecule has 248 valence electrons. The second kappa shape index (κ2) is 14.0. The van der Waals surface area contributed by atoms with Gasteiger partial charge in [-0.05, 0) is 75.8 Å². The number of sulfonamides is 1. The van der Waals surface area contributed by atoms with Gasteiger partial charge in [0.1, 0.15) is 12.4 Å². The van der Waals surface area contributed by atoms with Gasteiger partial charge in [-0.3, -0.25) is 9.78 Å². The van der Waals surface area contributed by atoms with Crippen LogP contribution in [-0.2, 0) is 16.6 Å². The Morgan fingerprint density at radius 3 is 2.43 bits per heavy atom. The second-order valence-corrected chi connectivity index (χ2v) is 14.4. The zero-order valence-electron chi connectivity index (χ0n) is 28.1. The summed E-state index contributed by atoms with van der Waals surface area (Å²) in [5.74, 6) is 0.810. The molecule has 0 radical (unpaired) electrons. The number of anilines is 2. The van der Waals surface area contributed by atoms with Gasteiger partial charge in [0.05, 0.1) is 41.3 Å². The number of aromatic nitrogens is 4. The quantitative estimate of drug-likeness (QED) is 0.241. The maximum atomic E-state index is 14.4. The summed E-state index contributed by atoms with van der Waals surface area (Å²) >= 11 is 0. The molecular weight excluding hydrogens is 614 g/mol. The van der Waals surface area contributed by atoms with Gasteiger partial charge >= 0.3 is 0 Å². The van der Waals surface area contributed by atoms with Crippen molar-refractivity contribution in [2.45, 2.75) is 77.9 Å². The Morgan fingerprint density at radius 2 is 1.72 bits per heavy atom. The van der Waals surface area contributed by atoms with Gasteiger partial charge in [-0.15, -0.1) is 0 Å². The first-order valence-electron chi connectivity index (χ1n) is 15.9. The molecule has 1 atom stereocenters. The van der Waals surface area contributed by atoms with E-state index in [1.807, 2.05) is 44.0 Å². The molecular formula is C35H43N7O4S. The fourth-order valence-electron chi connectivity index (χ4n) is 5.52. The molecule has 5 rings (SSSR count). The molecule has 3 heterocycles. The Morgan fingerprint density at radius 1 is 1.00 bits per heavy atom. The number of rotatable bonds is 8. The summed E-state index contributed by atoms with van der Waals surface area (Å²) in [7, 11) is -2.22. The SMILES string of the molecule is Cc1cccc(C)c1-c1cc2nc(n1)NS(=O)(=O)c1cccc(c1)C(=O)N(Cc1cncc(N(C)C(C)C)n1)[C@H](CCC(C)C)CO2. The van der Waals surface area contributed by atoms with E-state index in [4.69, 9.17) is 9.72 Å². The molecule has 0 unspecified atom stereocenters. The van der Waals surface area contributed by atoms with E-state index in [1.165, 1.54) is 12.1 Å². The lowest BCUT2D eigenvalue weighted by Gasteiger charge is -2.32. The summed E-state index contributed by atoms with van der Waals surface area (Å²) in [6, 6.07) is 13.5. The molecule has 1 aliphatic rings. The number of carbonyl (C=O) groups is 1. The first-order chi connectivity index (χ1) is 22.3. The van der Waals surface area contributed by atoms with Gasteiger partial charge in [0.15, 0.2) is 0 Å². The van der Waals surface area contributed by atoms with Crippen molar-refractivity contribution >= 4 is 27.7 Å². The van der Waals surface area contributed by atoms with Crippen LogP contribution in [0.5, 0.6) is 5.88 Å². The Labute approximate surface area is 277 Å². The zero-order valence-corrected chi connectivity index (χ0v) is 28.9. The first kappa shape index (κ1) is 33.8. The third-order valence-corrected chi connectivity index (χ3v) is 9.73. The van der Waals surface area contributed by atoms with E-state index < -0.39 is 16.1 Å². The van der Waals surface area contributed by atoms with E-state index >= 15 is 0 Å². The summed E-state index contributed by atoms with van der Waals surface area (Å²) in [5.41, 5.74) is 4.19. The van der Waals surface area contributed by atoms with Gasteiger partial charge in [0.2, 0.25) is 11.8 Å². The first-order valence-corrected chi connectivity index (χ1v) is 17.4. The third kappa shape index (κ3) is 7.87. The smallest absolute Gasteiger partial charge is 0.264 e. The minimum Gasteiger partial charge on any atom is -0.475 e. The largest absolute Gasteiger partial charge is 0.475 e. The molecule has 12 heteroatoms. The summed E-state index contributed by atoms with van der Waals surface area (Å²) < 4.78 is 36.2. The lowest BCUT2D eigenvalue weighted by Crippen LogP contribution is -2.44. The predicted molar refractivity (Wildman–Crippen MR) is 183 cm³/mol. The summed E-state index contributed by atoms with van der Waals surface area (Å²) in [5, 5.41) is 0. The lowest BCUT2D eigenvalue weighted by atomic mass is 10.00. The molecule has 4 aromatic rings. The zero-order chi connectivity index (χ0) is 33.9. The molecule has 0 fully saturated rings. The molecule has 1 amide bonds. The van der Waals surface area contributed by atoms with Crippen molar-refractivity contribution in [3.05, 3.63) is 83.3 Å². The van der Waals surface area contributed by atoms with Crippen LogP contribution >= 0.6 is 0 Å². The summed E-state index contributed by atoms with van der Waals surface area (Å²) in [6.07, 6.45) is 4.83. The average molecular weight is 658 g/mol. The molecule has 2 aromatic heterocycles. The molecule has 0 saturated carbocycles. The van der Waals surface area contributed by atoms with Crippen molar-refractivity contribution in [2.75, 3.05) is 23.3 Å². The fourth-order valence-corrected chi connectivity index (χ4v) is 6.50. The van der Waals surface area contributed by atoms with Gasteiger partial charge in [0, 0.05) is 30.3 Å². The van der Waals surface area contributed by atoms with Gasteiger partial charge in [-0.1, -0.05) is 38.1 Å². The van der Waals surface area contributed by atoms with Crippen LogP contribution in [0.4, 0.5) is 11.8 Å². The van der Waals surface area contributed by atoms with Crippen LogP contribution < -0.4 is 14.4 Å². The van der Waals surface area contributed by atoms with E-state index in [-0.39, 0.29) is 47.4 Å². The highest BCUT2D eigenvalue weighted by atomic mass is 32.2. The van der Waals surface area contributed by atoms with E-state index in [9.17, 15) is 13.2 Å². The fraction of sp³-hybridized carbons (Fsp3) is 0.400. The monoisotopic (exact) mass is 657 g/mol. The van der Waals surface area contributed by atoms with Crippen LogP contribution in [0, 0.1) is 19.8 Å². The van der Waals surface area contributed by atoms with Gasteiger partial charge in [-0.2, -0.15) is 4.98 Å². The number of ether oxygens (including phenoxy) is 1. The number of benzene rings is 2. The number of hydrogen-bond acceptors (Lipinski definition) is 9. The third-order valence-electron chi connectivity index (χ3n) is 8.40. The van der Waals surface area contributed by atoms with Crippen LogP contribution in [0.3, 0.4) is 0 Å². The van der Waals surface area contributed by atoms with E-state index in [0.717, 1.165) is 23.1 Å². The number of carbonyl (C=O) groups excluding carboxylic acids is 1. The number of fused-ring (bicyclic) bond motifs is 4. The van der Waals surface area contributed by atoms with Crippen molar-refractivity contribution in [2.24, 2.45) is 5.92 Å². The van der Waals surface area contributed by atoms with Crippen LogP contribution in [-0.4, -0.2) is 64.9 Å². The number of nitrogens with zero attached hydrogens (tertiary/aromatic N) is 6. The highest BCUT2D eigenvalue weighted by molar-refractivity contribution is 7.92. The number of aryl methyl sites for hydroxylation is 2. The predicted octanol–water partition coefficient (Wildman–Crippen LogP) is 6.04. The Hall–Kier alpha value is -4.58. The number of amides is 1. The maximum Gasteiger partial charge on any atom is 0.264 e. The van der Waals surface area contributed by atoms with Crippen molar-refractivity contribution in [1.29, 1.82) is 0 Å². The molecule has 47 heavy (non-hydrogen) atoms. The highest BCUT2D eigenvalue weighted by Gasteiger charge is 2.29. The molecule has 4 bridgehead atoms. The highest BCUT2D eigenvalue weighted by Crippen LogP contribution is 2.30. The maximum absolute atomic E-state index is 14.4. The van der Waals surface area contributed by atoms with Crippen molar-refractivity contribution < 1.29 is 17.9 Å². The van der Waals surface area contributed by atoms with Crippen molar-refractivity contribution in [3.8, 4) is 17.1 Å². The van der Waals surface area contributed by atoms with Crippen molar-refractivity contribution in [1.82, 2.24) is 24.8 Å². The summed E-state index contributed by atoms with van der Waals surface area (Å²) in [4.78, 5) is 36.4. The molecule has 11 nitrogen and oxygen atoms in total. The van der Waals surface area contributed by atoms with Crippen molar-refractivity contribution in [3.63, 3.8) is 0 Å². The molecule has 0 saturated heterocycles. The Bertz CT molecular complexity index is 1840. The summed E-state index contributed by atoms with van der Waals surface area (Å²) in [6.45, 7) is 12.6. The molecule has 0 aliphatic carbocycles. The van der Waals surface area contributed by atoms with Crippen LogP contribution in [0.2, 0.25) is 0 Å². The minimum absolute atomic E-state index is 0.0785. The van der Waals surface area contributed by atoms with Gasteiger partial charge in [-0.25, -0.2) is 23.1 Å². The van der Waals surface area contributed by atoms with Crippen LogP contribution in [0.1, 0.15) is 67.7 Å². The molecule has 1 N–H and O–H groups in total. The van der Waals surface area contributed by atoms with Gasteiger partial charge < -0.3 is 14.5 Å². The standard InChI is InChI=1S/C35H43N7O4S/c1-22(2)14-15-28-21-46-32-17-30(33-24(5)10-8-11-25(33)6)38-35(39-32)40-47(44,45)29-13-9-12-26(16-29)34(43)42(28)20-27-18-36-19-31(37-27)41(7)23(3)4/h8-13,16-19,22-23,28H,14-15,20-21H2,1-7H3,(H,38,39,40)/t28-/m1/s1. The minimum atomic E-state index is -4.17. The number of hydrogen-bond donors (Lipinski definition) is 1. The number of nitrogens with one attached hydrogen (secondary N) is 1. The van der Waals surface area contributed by atoms with Crippen LogP contribution in [0.25, 0.3) is 11.3 Å².